The summed E-state index contributed by atoms with van der Waals surface area (Å²) in [5, 5.41) is 3.53. The van der Waals surface area contributed by atoms with E-state index in [4.69, 9.17) is 27.9 Å². The summed E-state index contributed by atoms with van der Waals surface area (Å²) in [6, 6.07) is 11.9. The van der Waals surface area contributed by atoms with Crippen LogP contribution in [0.2, 0.25) is 10.0 Å². The first kappa shape index (κ1) is 18.6. The van der Waals surface area contributed by atoms with E-state index in [1.165, 1.54) is 17.8 Å². The van der Waals surface area contributed by atoms with Gasteiger partial charge in [-0.05, 0) is 49.4 Å². The molecule has 0 unspecified atom stereocenters. The maximum Gasteiger partial charge on any atom is 0.316 e. The summed E-state index contributed by atoms with van der Waals surface area (Å²) < 4.78 is 4.87. The normalized spacial score (nSPS) is 10.3. The van der Waals surface area contributed by atoms with E-state index in [1.54, 1.807) is 31.2 Å². The van der Waals surface area contributed by atoms with Crippen LogP contribution in [0.3, 0.4) is 0 Å². The number of halogens is 2. The summed E-state index contributed by atoms with van der Waals surface area (Å²) in [5.74, 6) is -0.319. The van der Waals surface area contributed by atoms with Gasteiger partial charge in [-0.1, -0.05) is 23.2 Å². The molecule has 0 atom stereocenters. The molecule has 126 valence electrons. The smallest absolute Gasteiger partial charge is 0.316 e. The third-order valence-electron chi connectivity index (χ3n) is 2.95. The second-order valence-corrected chi connectivity index (χ2v) is 6.59. The zero-order valence-electron chi connectivity index (χ0n) is 12.8. The van der Waals surface area contributed by atoms with Crippen LogP contribution in [-0.4, -0.2) is 24.2 Å². The summed E-state index contributed by atoms with van der Waals surface area (Å²) in [7, 11) is 0. The number of ether oxygens (including phenoxy) is 1. The highest BCUT2D eigenvalue weighted by Crippen LogP contribution is 2.23. The Hall–Kier alpha value is -1.69. The number of hydrogen-bond acceptors (Lipinski definition) is 4. The average Bonchev–Trinajstić information content (AvgIpc) is 2.54. The lowest BCUT2D eigenvalue weighted by atomic mass is 10.2. The van der Waals surface area contributed by atoms with Crippen molar-refractivity contribution in [1.29, 1.82) is 0 Å². The van der Waals surface area contributed by atoms with Crippen LogP contribution in [0.4, 0.5) is 5.69 Å². The zero-order chi connectivity index (χ0) is 17.5. The zero-order valence-corrected chi connectivity index (χ0v) is 15.2. The Balaban J connectivity index is 1.96. The lowest BCUT2D eigenvalue weighted by Gasteiger charge is -2.08. The molecule has 24 heavy (non-hydrogen) atoms. The average molecular weight is 384 g/mol. The fourth-order valence-corrected chi connectivity index (χ4v) is 3.04. The third kappa shape index (κ3) is 5.44. The first-order chi connectivity index (χ1) is 11.5. The van der Waals surface area contributed by atoms with Gasteiger partial charge in [-0.25, -0.2) is 0 Å². The molecule has 0 spiro atoms. The Morgan fingerprint density at radius 2 is 1.83 bits per heavy atom. The van der Waals surface area contributed by atoms with E-state index in [9.17, 15) is 9.59 Å². The first-order valence-corrected chi connectivity index (χ1v) is 8.88. The minimum atomic E-state index is -0.316. The highest BCUT2D eigenvalue weighted by molar-refractivity contribution is 8.00. The summed E-state index contributed by atoms with van der Waals surface area (Å²) in [4.78, 5) is 24.4. The van der Waals surface area contributed by atoms with Crippen LogP contribution >= 0.6 is 35.0 Å². The molecule has 0 aliphatic heterocycles. The van der Waals surface area contributed by atoms with Gasteiger partial charge >= 0.3 is 5.97 Å². The van der Waals surface area contributed by atoms with Gasteiger partial charge in [0.1, 0.15) is 0 Å². The third-order valence-corrected chi connectivity index (χ3v) is 4.48. The van der Waals surface area contributed by atoms with E-state index in [0.717, 1.165) is 4.90 Å². The lowest BCUT2D eigenvalue weighted by molar-refractivity contribution is -0.139. The van der Waals surface area contributed by atoms with Crippen LogP contribution in [-0.2, 0) is 9.53 Å². The van der Waals surface area contributed by atoms with Crippen molar-refractivity contribution in [1.82, 2.24) is 0 Å². The van der Waals surface area contributed by atoms with E-state index in [2.05, 4.69) is 5.32 Å². The summed E-state index contributed by atoms with van der Waals surface area (Å²) in [6.45, 7) is 2.14. The Morgan fingerprint density at radius 3 is 2.46 bits per heavy atom. The Kier molecular flexibility index (Phi) is 6.97. The van der Waals surface area contributed by atoms with E-state index in [-0.39, 0.29) is 17.6 Å². The second kappa shape index (κ2) is 8.97. The quantitative estimate of drug-likeness (QED) is 0.569. The van der Waals surface area contributed by atoms with Crippen LogP contribution in [0.25, 0.3) is 0 Å². The van der Waals surface area contributed by atoms with Crippen molar-refractivity contribution >= 4 is 52.5 Å². The van der Waals surface area contributed by atoms with Gasteiger partial charge in [-0.15, -0.1) is 11.8 Å². The maximum absolute atomic E-state index is 12.2. The fraction of sp³-hybridized carbons (Fsp3) is 0.176. The van der Waals surface area contributed by atoms with Crippen LogP contribution in [0.1, 0.15) is 17.3 Å². The van der Waals surface area contributed by atoms with E-state index >= 15 is 0 Å². The number of amides is 1. The van der Waals surface area contributed by atoms with Crippen molar-refractivity contribution in [2.24, 2.45) is 0 Å². The molecular formula is C17H15Cl2NO3S. The molecule has 0 radical (unpaired) electrons. The van der Waals surface area contributed by atoms with Crippen LogP contribution in [0, 0.1) is 0 Å². The fourth-order valence-electron chi connectivity index (χ4n) is 1.85. The standard InChI is InChI=1S/C17H15Cl2NO3S/c1-2-23-16(21)10-24-13-6-4-12(5-7-13)20-17(22)14-8-3-11(18)9-15(14)19/h3-9H,2,10H2,1H3,(H,20,22). The summed E-state index contributed by atoms with van der Waals surface area (Å²) >= 11 is 13.2. The number of carbonyl (C=O) groups is 2. The van der Waals surface area contributed by atoms with Crippen LogP contribution in [0.15, 0.2) is 47.4 Å². The highest BCUT2D eigenvalue weighted by atomic mass is 35.5. The molecule has 0 fully saturated rings. The second-order valence-electron chi connectivity index (χ2n) is 4.70. The van der Waals surface area contributed by atoms with E-state index in [0.29, 0.717) is 27.9 Å². The predicted octanol–water partition coefficient (Wildman–Crippen LogP) is 4.90. The van der Waals surface area contributed by atoms with Crippen molar-refractivity contribution in [3.05, 3.63) is 58.1 Å². The van der Waals surface area contributed by atoms with Gasteiger partial charge in [0.15, 0.2) is 0 Å². The summed E-state index contributed by atoms with van der Waals surface area (Å²) in [6.07, 6.45) is 0. The van der Waals surface area contributed by atoms with Crippen molar-refractivity contribution in [3.8, 4) is 0 Å². The van der Waals surface area contributed by atoms with Gasteiger partial charge in [0.2, 0.25) is 0 Å². The van der Waals surface area contributed by atoms with Crippen molar-refractivity contribution in [2.75, 3.05) is 17.7 Å². The Morgan fingerprint density at radius 1 is 1.12 bits per heavy atom. The number of thioether (sulfide) groups is 1. The molecule has 1 amide bonds. The van der Waals surface area contributed by atoms with Gasteiger partial charge in [0.05, 0.1) is 22.9 Å². The molecule has 2 aromatic rings. The molecule has 0 aliphatic carbocycles. The number of benzene rings is 2. The number of carbonyl (C=O) groups excluding carboxylic acids is 2. The Bertz CT molecular complexity index is 735. The van der Waals surface area contributed by atoms with Crippen molar-refractivity contribution in [2.45, 2.75) is 11.8 Å². The lowest BCUT2D eigenvalue weighted by Crippen LogP contribution is -2.12. The van der Waals surface area contributed by atoms with Gasteiger partial charge in [-0.3, -0.25) is 9.59 Å². The Labute approximate surface area is 154 Å². The largest absolute Gasteiger partial charge is 0.465 e. The highest BCUT2D eigenvalue weighted by Gasteiger charge is 2.11. The molecule has 2 rings (SSSR count). The molecule has 4 nitrogen and oxygen atoms in total. The van der Waals surface area contributed by atoms with Crippen molar-refractivity contribution in [3.63, 3.8) is 0 Å². The number of nitrogens with one attached hydrogen (secondary N) is 1. The van der Waals surface area contributed by atoms with Crippen molar-refractivity contribution < 1.29 is 14.3 Å². The predicted molar refractivity (Wildman–Crippen MR) is 98.2 cm³/mol. The monoisotopic (exact) mass is 383 g/mol. The van der Waals surface area contributed by atoms with Gasteiger partial charge < -0.3 is 10.1 Å². The van der Waals surface area contributed by atoms with Gasteiger partial charge in [0.25, 0.3) is 5.91 Å². The molecule has 0 aromatic heterocycles. The maximum atomic E-state index is 12.2. The molecular weight excluding hydrogens is 369 g/mol. The molecule has 2 aromatic carbocycles. The van der Waals surface area contributed by atoms with Gasteiger partial charge in [-0.2, -0.15) is 0 Å². The minimum absolute atomic E-state index is 0.250. The number of anilines is 1. The molecule has 0 saturated carbocycles. The molecule has 0 heterocycles. The number of esters is 1. The molecule has 7 heteroatoms. The molecule has 1 N–H and O–H groups in total. The van der Waals surface area contributed by atoms with E-state index < -0.39 is 0 Å². The SMILES string of the molecule is CCOC(=O)CSc1ccc(NC(=O)c2ccc(Cl)cc2Cl)cc1. The first-order valence-electron chi connectivity index (χ1n) is 7.14. The topological polar surface area (TPSA) is 55.4 Å². The number of hydrogen-bond donors (Lipinski definition) is 1. The molecule has 0 bridgehead atoms. The van der Waals surface area contributed by atoms with Crippen LogP contribution < -0.4 is 5.32 Å². The van der Waals surface area contributed by atoms with Crippen LogP contribution in [0.5, 0.6) is 0 Å². The minimum Gasteiger partial charge on any atom is -0.465 e. The van der Waals surface area contributed by atoms with E-state index in [1.807, 2.05) is 12.1 Å². The molecule has 0 aliphatic rings. The molecule has 0 saturated heterocycles. The van der Waals surface area contributed by atoms with Gasteiger partial charge in [0, 0.05) is 15.6 Å². The number of rotatable bonds is 6. The summed E-state index contributed by atoms with van der Waals surface area (Å²) in [5.41, 5.74) is 0.980.